The minimum Gasteiger partial charge on any atom is -0.470 e. The van der Waals surface area contributed by atoms with Crippen molar-refractivity contribution in [3.8, 4) is 11.6 Å². The van der Waals surface area contributed by atoms with E-state index >= 15 is 0 Å². The van der Waals surface area contributed by atoms with Crippen molar-refractivity contribution in [2.24, 2.45) is 0 Å². The van der Waals surface area contributed by atoms with E-state index in [1.807, 2.05) is 36.4 Å². The molecular formula is C14H14INO3. The number of aromatic nitrogens is 1. The van der Waals surface area contributed by atoms with Crippen LogP contribution in [-0.2, 0) is 11.3 Å². The van der Waals surface area contributed by atoms with E-state index in [1.165, 1.54) is 0 Å². The number of methoxy groups -OCH3 is 1. The van der Waals surface area contributed by atoms with Crippen molar-refractivity contribution in [2.45, 2.75) is 6.61 Å². The van der Waals surface area contributed by atoms with Crippen LogP contribution in [0.2, 0.25) is 0 Å². The fourth-order valence-electron chi connectivity index (χ4n) is 1.48. The Hall–Kier alpha value is -1.34. The third kappa shape index (κ3) is 4.07. The lowest BCUT2D eigenvalue weighted by atomic mass is 10.2. The highest BCUT2D eigenvalue weighted by molar-refractivity contribution is 14.1. The van der Waals surface area contributed by atoms with Crippen molar-refractivity contribution in [3.05, 3.63) is 51.7 Å². The molecule has 0 aliphatic heterocycles. The molecule has 0 atom stereocenters. The van der Waals surface area contributed by atoms with Crippen LogP contribution in [-0.4, -0.2) is 18.9 Å². The summed E-state index contributed by atoms with van der Waals surface area (Å²) in [5.41, 5.74) is 1.08. The molecule has 19 heavy (non-hydrogen) atoms. The Morgan fingerprint density at radius 3 is 2.63 bits per heavy atom. The number of hydrogen-bond donors (Lipinski definition) is 0. The van der Waals surface area contributed by atoms with Gasteiger partial charge >= 0.3 is 0 Å². The van der Waals surface area contributed by atoms with Crippen LogP contribution < -0.4 is 9.47 Å². The van der Waals surface area contributed by atoms with Crippen molar-refractivity contribution in [3.63, 3.8) is 0 Å². The van der Waals surface area contributed by atoms with E-state index in [-0.39, 0.29) is 6.79 Å². The van der Waals surface area contributed by atoms with Crippen molar-refractivity contribution >= 4 is 22.6 Å². The molecule has 0 saturated heterocycles. The largest absolute Gasteiger partial charge is 0.470 e. The van der Waals surface area contributed by atoms with Gasteiger partial charge in [-0.05, 0) is 34.2 Å². The predicted molar refractivity (Wildman–Crippen MR) is 80.2 cm³/mol. The monoisotopic (exact) mass is 371 g/mol. The highest BCUT2D eigenvalue weighted by Crippen LogP contribution is 2.30. The predicted octanol–water partition coefficient (Wildman–Crippen LogP) is 3.25. The Morgan fingerprint density at radius 2 is 1.89 bits per heavy atom. The van der Waals surface area contributed by atoms with Gasteiger partial charge in [0, 0.05) is 13.3 Å². The van der Waals surface area contributed by atoms with Gasteiger partial charge in [0.15, 0.2) is 12.5 Å². The summed E-state index contributed by atoms with van der Waals surface area (Å²) in [5.74, 6) is 1.09. The van der Waals surface area contributed by atoms with Crippen LogP contribution in [0.1, 0.15) is 5.56 Å². The standard InChI is InChI=1S/C14H14INO3/c1-17-10-19-13-12(15)7-8-16-14(13)18-9-11-5-3-2-4-6-11/h2-8H,9-10H2,1H3. The molecule has 0 amide bonds. The maximum atomic E-state index is 5.70. The van der Waals surface area contributed by atoms with E-state index in [0.29, 0.717) is 18.2 Å². The highest BCUT2D eigenvalue weighted by atomic mass is 127. The van der Waals surface area contributed by atoms with Crippen LogP contribution >= 0.6 is 22.6 Å². The summed E-state index contributed by atoms with van der Waals surface area (Å²) in [6.07, 6.45) is 1.70. The average molecular weight is 371 g/mol. The van der Waals surface area contributed by atoms with Crippen molar-refractivity contribution in [2.75, 3.05) is 13.9 Å². The van der Waals surface area contributed by atoms with Gasteiger partial charge in [-0.3, -0.25) is 0 Å². The summed E-state index contributed by atoms with van der Waals surface area (Å²) in [4.78, 5) is 4.20. The van der Waals surface area contributed by atoms with Crippen LogP contribution in [0, 0.1) is 3.57 Å². The van der Waals surface area contributed by atoms with Crippen LogP contribution in [0.25, 0.3) is 0 Å². The number of nitrogens with zero attached hydrogens (tertiary/aromatic N) is 1. The second-order valence-electron chi connectivity index (χ2n) is 3.75. The van der Waals surface area contributed by atoms with Crippen LogP contribution in [0.5, 0.6) is 11.6 Å². The minimum absolute atomic E-state index is 0.170. The number of benzene rings is 1. The highest BCUT2D eigenvalue weighted by Gasteiger charge is 2.11. The van der Waals surface area contributed by atoms with Crippen molar-refractivity contribution in [1.29, 1.82) is 0 Å². The molecule has 0 fully saturated rings. The molecule has 1 heterocycles. The summed E-state index contributed by atoms with van der Waals surface area (Å²) in [6.45, 7) is 0.626. The van der Waals surface area contributed by atoms with Gasteiger partial charge in [-0.25, -0.2) is 4.98 Å². The lowest BCUT2D eigenvalue weighted by Gasteiger charge is -2.12. The second kappa shape index (κ2) is 7.30. The van der Waals surface area contributed by atoms with Gasteiger partial charge in [0.25, 0.3) is 5.88 Å². The first-order valence-electron chi connectivity index (χ1n) is 5.74. The minimum atomic E-state index is 0.170. The molecule has 0 spiro atoms. The van der Waals surface area contributed by atoms with Crippen molar-refractivity contribution in [1.82, 2.24) is 4.98 Å². The van der Waals surface area contributed by atoms with E-state index < -0.39 is 0 Å². The van der Waals surface area contributed by atoms with E-state index in [0.717, 1.165) is 9.13 Å². The third-order valence-electron chi connectivity index (χ3n) is 2.36. The first-order valence-corrected chi connectivity index (χ1v) is 6.82. The zero-order valence-electron chi connectivity index (χ0n) is 10.5. The number of pyridine rings is 1. The van der Waals surface area contributed by atoms with Gasteiger partial charge < -0.3 is 14.2 Å². The summed E-state index contributed by atoms with van der Waals surface area (Å²) in [5, 5.41) is 0. The zero-order chi connectivity index (χ0) is 13.5. The lowest BCUT2D eigenvalue weighted by molar-refractivity contribution is 0.0471. The molecule has 0 unspecified atom stereocenters. The van der Waals surface area contributed by atoms with Crippen LogP contribution in [0.4, 0.5) is 0 Å². The van der Waals surface area contributed by atoms with E-state index in [1.54, 1.807) is 13.3 Å². The third-order valence-corrected chi connectivity index (χ3v) is 3.21. The topological polar surface area (TPSA) is 40.6 Å². The summed E-state index contributed by atoms with van der Waals surface area (Å²) in [7, 11) is 1.58. The summed E-state index contributed by atoms with van der Waals surface area (Å²) >= 11 is 2.18. The molecule has 0 saturated carbocycles. The molecule has 5 heteroatoms. The number of rotatable bonds is 6. The van der Waals surface area contributed by atoms with Gasteiger partial charge in [0.2, 0.25) is 0 Å². The Bertz CT molecular complexity index is 519. The number of halogens is 1. The zero-order valence-corrected chi connectivity index (χ0v) is 12.7. The SMILES string of the molecule is COCOc1c(I)ccnc1OCc1ccccc1. The van der Waals surface area contributed by atoms with Crippen LogP contribution in [0.15, 0.2) is 42.6 Å². The lowest BCUT2D eigenvalue weighted by Crippen LogP contribution is -2.05. The molecule has 0 N–H and O–H groups in total. The maximum Gasteiger partial charge on any atom is 0.258 e. The van der Waals surface area contributed by atoms with E-state index in [4.69, 9.17) is 14.2 Å². The molecule has 0 aliphatic rings. The fourth-order valence-corrected chi connectivity index (χ4v) is 2.03. The summed E-state index contributed by atoms with van der Waals surface area (Å²) < 4.78 is 17.0. The van der Waals surface area contributed by atoms with Crippen molar-refractivity contribution < 1.29 is 14.2 Å². The molecule has 0 aliphatic carbocycles. The molecule has 1 aromatic heterocycles. The Kier molecular flexibility index (Phi) is 5.41. The Morgan fingerprint density at radius 1 is 1.11 bits per heavy atom. The first kappa shape index (κ1) is 14.1. The normalized spacial score (nSPS) is 10.2. The molecule has 0 radical (unpaired) electrons. The van der Waals surface area contributed by atoms with Gasteiger partial charge in [-0.2, -0.15) is 0 Å². The first-order chi connectivity index (χ1) is 9.31. The molecule has 4 nitrogen and oxygen atoms in total. The molecule has 100 valence electrons. The fraction of sp³-hybridized carbons (Fsp3) is 0.214. The van der Waals surface area contributed by atoms with Crippen LogP contribution in [0.3, 0.4) is 0 Å². The summed E-state index contributed by atoms with van der Waals surface area (Å²) in [6, 6.07) is 11.8. The Labute approximate surface area is 125 Å². The van der Waals surface area contributed by atoms with Gasteiger partial charge in [0.05, 0.1) is 3.57 Å². The molecule has 1 aromatic carbocycles. The maximum absolute atomic E-state index is 5.70. The Balaban J connectivity index is 2.09. The van der Waals surface area contributed by atoms with E-state index in [2.05, 4.69) is 27.6 Å². The van der Waals surface area contributed by atoms with Gasteiger partial charge in [-0.1, -0.05) is 30.3 Å². The van der Waals surface area contributed by atoms with Gasteiger partial charge in [0.1, 0.15) is 6.61 Å². The molecule has 2 rings (SSSR count). The quantitative estimate of drug-likeness (QED) is 0.578. The number of hydrogen-bond acceptors (Lipinski definition) is 4. The second-order valence-corrected chi connectivity index (χ2v) is 4.91. The molecule has 2 aromatic rings. The average Bonchev–Trinajstić information content (AvgIpc) is 2.45. The molecular weight excluding hydrogens is 357 g/mol. The van der Waals surface area contributed by atoms with E-state index in [9.17, 15) is 0 Å². The molecule has 0 bridgehead atoms. The smallest absolute Gasteiger partial charge is 0.258 e. The number of ether oxygens (including phenoxy) is 3. The van der Waals surface area contributed by atoms with Gasteiger partial charge in [-0.15, -0.1) is 0 Å².